The van der Waals surface area contributed by atoms with Gasteiger partial charge in [0.25, 0.3) is 0 Å². The van der Waals surface area contributed by atoms with E-state index in [-0.39, 0.29) is 23.2 Å². The van der Waals surface area contributed by atoms with E-state index in [1.165, 1.54) is 12.1 Å². The van der Waals surface area contributed by atoms with Gasteiger partial charge in [-0.15, -0.1) is 0 Å². The Morgan fingerprint density at radius 3 is 2.95 bits per heavy atom. The van der Waals surface area contributed by atoms with E-state index in [0.29, 0.717) is 6.42 Å². The Balaban J connectivity index is 1.99. The Kier molecular flexibility index (Phi) is 4.38. The SMILES string of the molecule is Nc1c(F)cccc1S(=O)(=O)NCCC1CCCO1. The largest absolute Gasteiger partial charge is 0.395 e. The summed E-state index contributed by atoms with van der Waals surface area (Å²) in [5, 5.41) is 0. The second kappa shape index (κ2) is 5.85. The van der Waals surface area contributed by atoms with E-state index in [0.717, 1.165) is 25.5 Å². The molecule has 1 aromatic carbocycles. The fraction of sp³-hybridized carbons (Fsp3) is 0.500. The van der Waals surface area contributed by atoms with Gasteiger partial charge in [0.1, 0.15) is 10.7 Å². The molecular weight excluding hydrogens is 271 g/mol. The number of ether oxygens (including phenoxy) is 1. The van der Waals surface area contributed by atoms with Gasteiger partial charge in [0.05, 0.1) is 11.8 Å². The first-order valence-corrected chi connectivity index (χ1v) is 7.64. The maximum Gasteiger partial charge on any atom is 0.242 e. The Hall–Kier alpha value is -1.18. The zero-order valence-electron chi connectivity index (χ0n) is 10.4. The average molecular weight is 288 g/mol. The number of nitrogens with one attached hydrogen (secondary N) is 1. The summed E-state index contributed by atoms with van der Waals surface area (Å²) < 4.78 is 45.0. The van der Waals surface area contributed by atoms with Crippen molar-refractivity contribution < 1.29 is 17.5 Å². The monoisotopic (exact) mass is 288 g/mol. The molecule has 106 valence electrons. The predicted octanol–water partition coefficient (Wildman–Crippen LogP) is 1.26. The standard InChI is InChI=1S/C12H17FN2O3S/c13-10-4-1-5-11(12(10)14)19(16,17)15-7-6-9-3-2-8-18-9/h1,4-5,9,15H,2-3,6-8,14H2. The number of hydrogen-bond acceptors (Lipinski definition) is 4. The highest BCUT2D eigenvalue weighted by molar-refractivity contribution is 7.89. The molecule has 0 saturated carbocycles. The van der Waals surface area contributed by atoms with Crippen molar-refractivity contribution in [3.05, 3.63) is 24.0 Å². The van der Waals surface area contributed by atoms with Crippen LogP contribution in [0.1, 0.15) is 19.3 Å². The molecule has 0 radical (unpaired) electrons. The minimum atomic E-state index is -3.78. The number of halogens is 1. The third kappa shape index (κ3) is 3.43. The molecule has 1 aromatic rings. The van der Waals surface area contributed by atoms with E-state index in [1.807, 2.05) is 0 Å². The molecule has 7 heteroatoms. The first-order chi connectivity index (χ1) is 9.00. The zero-order chi connectivity index (χ0) is 13.9. The van der Waals surface area contributed by atoms with E-state index in [9.17, 15) is 12.8 Å². The second-order valence-electron chi connectivity index (χ2n) is 4.47. The molecule has 0 amide bonds. The summed E-state index contributed by atoms with van der Waals surface area (Å²) >= 11 is 0. The lowest BCUT2D eigenvalue weighted by Gasteiger charge is -2.12. The Bertz CT molecular complexity index is 542. The summed E-state index contributed by atoms with van der Waals surface area (Å²) in [7, 11) is -3.78. The van der Waals surface area contributed by atoms with Crippen LogP contribution in [0.3, 0.4) is 0 Å². The number of nitrogen functional groups attached to an aromatic ring is 1. The lowest BCUT2D eigenvalue weighted by molar-refractivity contribution is 0.105. The maximum absolute atomic E-state index is 13.2. The van der Waals surface area contributed by atoms with E-state index < -0.39 is 15.8 Å². The first kappa shape index (κ1) is 14.2. The highest BCUT2D eigenvalue weighted by Gasteiger charge is 2.20. The van der Waals surface area contributed by atoms with Crippen LogP contribution in [0.2, 0.25) is 0 Å². The number of sulfonamides is 1. The van der Waals surface area contributed by atoms with Crippen LogP contribution in [0, 0.1) is 5.82 Å². The minimum absolute atomic E-state index is 0.104. The van der Waals surface area contributed by atoms with E-state index in [1.54, 1.807) is 0 Å². The number of benzene rings is 1. The summed E-state index contributed by atoms with van der Waals surface area (Å²) in [5.41, 5.74) is 5.09. The van der Waals surface area contributed by atoms with Crippen LogP contribution < -0.4 is 10.5 Å². The quantitative estimate of drug-likeness (QED) is 0.799. The van der Waals surface area contributed by atoms with Crippen molar-refractivity contribution in [3.63, 3.8) is 0 Å². The van der Waals surface area contributed by atoms with Crippen LogP contribution in [0.5, 0.6) is 0 Å². The summed E-state index contributed by atoms with van der Waals surface area (Å²) in [6.07, 6.45) is 2.67. The van der Waals surface area contributed by atoms with Crippen molar-refractivity contribution in [2.75, 3.05) is 18.9 Å². The Morgan fingerprint density at radius 1 is 1.47 bits per heavy atom. The molecule has 1 unspecified atom stereocenters. The molecule has 1 fully saturated rings. The molecule has 1 aliphatic rings. The van der Waals surface area contributed by atoms with Gasteiger partial charge in [0.2, 0.25) is 10.0 Å². The van der Waals surface area contributed by atoms with Crippen molar-refractivity contribution in [3.8, 4) is 0 Å². The van der Waals surface area contributed by atoms with Gasteiger partial charge in [-0.05, 0) is 31.4 Å². The van der Waals surface area contributed by atoms with Gasteiger partial charge in [-0.1, -0.05) is 6.07 Å². The molecule has 0 aromatic heterocycles. The van der Waals surface area contributed by atoms with Gasteiger partial charge >= 0.3 is 0 Å². The first-order valence-electron chi connectivity index (χ1n) is 6.16. The minimum Gasteiger partial charge on any atom is -0.395 e. The van der Waals surface area contributed by atoms with Gasteiger partial charge < -0.3 is 10.5 Å². The molecule has 1 heterocycles. The molecule has 1 saturated heterocycles. The second-order valence-corrected chi connectivity index (χ2v) is 6.21. The topological polar surface area (TPSA) is 81.4 Å². The number of nitrogens with two attached hydrogens (primary N) is 1. The van der Waals surface area contributed by atoms with Gasteiger partial charge in [-0.2, -0.15) is 0 Å². The van der Waals surface area contributed by atoms with Crippen LogP contribution in [0.15, 0.2) is 23.1 Å². The molecule has 2 rings (SSSR count). The zero-order valence-corrected chi connectivity index (χ0v) is 11.2. The van der Waals surface area contributed by atoms with Crippen molar-refractivity contribution in [2.45, 2.75) is 30.3 Å². The van der Waals surface area contributed by atoms with Crippen LogP contribution in [-0.4, -0.2) is 27.7 Å². The highest BCUT2D eigenvalue weighted by atomic mass is 32.2. The van der Waals surface area contributed by atoms with E-state index >= 15 is 0 Å². The molecule has 1 atom stereocenters. The summed E-state index contributed by atoms with van der Waals surface area (Å²) in [6, 6.07) is 3.73. The molecule has 3 N–H and O–H groups in total. The van der Waals surface area contributed by atoms with Gasteiger partial charge in [0, 0.05) is 13.2 Å². The summed E-state index contributed by atoms with van der Waals surface area (Å²) in [5.74, 6) is -0.734. The van der Waals surface area contributed by atoms with Crippen LogP contribution in [0.25, 0.3) is 0 Å². The van der Waals surface area contributed by atoms with Crippen molar-refractivity contribution >= 4 is 15.7 Å². The Morgan fingerprint density at radius 2 is 2.26 bits per heavy atom. The third-order valence-electron chi connectivity index (χ3n) is 3.08. The molecular formula is C12H17FN2O3S. The molecule has 0 bridgehead atoms. The summed E-state index contributed by atoms with van der Waals surface area (Å²) in [6.45, 7) is 0.983. The van der Waals surface area contributed by atoms with Crippen LogP contribution in [0.4, 0.5) is 10.1 Å². The molecule has 5 nitrogen and oxygen atoms in total. The molecule has 0 aliphatic carbocycles. The predicted molar refractivity (Wildman–Crippen MR) is 69.6 cm³/mol. The van der Waals surface area contributed by atoms with E-state index in [4.69, 9.17) is 10.5 Å². The average Bonchev–Trinajstić information content (AvgIpc) is 2.85. The van der Waals surface area contributed by atoms with Crippen molar-refractivity contribution in [1.29, 1.82) is 0 Å². The van der Waals surface area contributed by atoms with Crippen LogP contribution >= 0.6 is 0 Å². The smallest absolute Gasteiger partial charge is 0.242 e. The number of para-hydroxylation sites is 1. The normalized spacial score (nSPS) is 19.7. The van der Waals surface area contributed by atoms with Crippen molar-refractivity contribution in [1.82, 2.24) is 4.72 Å². The fourth-order valence-electron chi connectivity index (χ4n) is 2.06. The number of anilines is 1. The fourth-order valence-corrected chi connectivity index (χ4v) is 3.24. The molecule has 0 spiro atoms. The number of rotatable bonds is 5. The summed E-state index contributed by atoms with van der Waals surface area (Å²) in [4.78, 5) is -0.222. The third-order valence-corrected chi connectivity index (χ3v) is 4.60. The lowest BCUT2D eigenvalue weighted by Crippen LogP contribution is -2.28. The molecule has 19 heavy (non-hydrogen) atoms. The van der Waals surface area contributed by atoms with Crippen molar-refractivity contribution in [2.24, 2.45) is 0 Å². The molecule has 1 aliphatic heterocycles. The lowest BCUT2D eigenvalue weighted by atomic mass is 10.2. The van der Waals surface area contributed by atoms with E-state index in [2.05, 4.69) is 4.72 Å². The van der Waals surface area contributed by atoms with Crippen LogP contribution in [-0.2, 0) is 14.8 Å². The van der Waals surface area contributed by atoms with Gasteiger partial charge in [0.15, 0.2) is 0 Å². The van der Waals surface area contributed by atoms with Gasteiger partial charge in [-0.3, -0.25) is 0 Å². The Labute approximate surface area is 112 Å². The number of hydrogen-bond donors (Lipinski definition) is 2. The highest BCUT2D eigenvalue weighted by Crippen LogP contribution is 2.21. The van der Waals surface area contributed by atoms with Gasteiger partial charge in [-0.25, -0.2) is 17.5 Å². The maximum atomic E-state index is 13.2.